The molecule has 0 N–H and O–H groups in total. The van der Waals surface area contributed by atoms with Crippen LogP contribution in [0, 0.1) is 0 Å². The van der Waals surface area contributed by atoms with Crippen molar-refractivity contribution in [2.75, 3.05) is 0 Å². The van der Waals surface area contributed by atoms with E-state index in [0.29, 0.717) is 5.92 Å². The molecule has 3 nitrogen and oxygen atoms in total. The number of oxime groups is 1. The van der Waals surface area contributed by atoms with E-state index in [4.69, 9.17) is 9.82 Å². The van der Waals surface area contributed by atoms with Crippen LogP contribution < -0.4 is 0 Å². The van der Waals surface area contributed by atoms with Crippen LogP contribution in [-0.2, 0) is 17.7 Å². The zero-order chi connectivity index (χ0) is 20.4. The van der Waals surface area contributed by atoms with Gasteiger partial charge in [-0.2, -0.15) is 0 Å². The van der Waals surface area contributed by atoms with Crippen LogP contribution in [0.3, 0.4) is 0 Å². The van der Waals surface area contributed by atoms with Crippen molar-refractivity contribution in [3.8, 4) is 11.1 Å². The summed E-state index contributed by atoms with van der Waals surface area (Å²) in [5.74, 6) is 0.512. The van der Waals surface area contributed by atoms with Crippen LogP contribution >= 0.6 is 11.3 Å². The molecule has 29 heavy (non-hydrogen) atoms. The van der Waals surface area contributed by atoms with E-state index in [1.807, 2.05) is 13.8 Å². The summed E-state index contributed by atoms with van der Waals surface area (Å²) in [5, 5.41) is 7.95. The second-order valence-corrected chi connectivity index (χ2v) is 9.09. The second kappa shape index (κ2) is 8.50. The number of thiazole rings is 1. The van der Waals surface area contributed by atoms with Crippen molar-refractivity contribution in [1.82, 2.24) is 4.98 Å². The maximum absolute atomic E-state index is 5.62. The molecule has 0 bridgehead atoms. The van der Waals surface area contributed by atoms with E-state index in [2.05, 4.69) is 66.8 Å². The van der Waals surface area contributed by atoms with Crippen molar-refractivity contribution in [3.63, 3.8) is 0 Å². The van der Waals surface area contributed by atoms with E-state index in [9.17, 15) is 0 Å². The van der Waals surface area contributed by atoms with E-state index in [1.54, 1.807) is 11.3 Å². The summed E-state index contributed by atoms with van der Waals surface area (Å²) in [5.41, 5.74) is 8.34. The standard InChI is InChI=1S/C25H28N2OS/c1-16(2)25-26-19(15-29-25)9-7-8-18-12-13-21-20-10-5-6-11-22(20)24(23(21)14-18)27-28-17(3)4/h5-6,10-17H,7-9H2,1-4H3. The highest BCUT2D eigenvalue weighted by Gasteiger charge is 2.25. The molecule has 1 aromatic heterocycles. The SMILES string of the molecule is CC(C)ON=C1c2ccccc2-c2ccc(CCCc3csc(C(C)C)n3)cc21. The van der Waals surface area contributed by atoms with Crippen molar-refractivity contribution in [1.29, 1.82) is 0 Å². The number of nitrogens with zero attached hydrogens (tertiary/aromatic N) is 2. The average molecular weight is 405 g/mol. The van der Waals surface area contributed by atoms with E-state index < -0.39 is 0 Å². The Hall–Kier alpha value is -2.46. The zero-order valence-electron chi connectivity index (χ0n) is 17.6. The van der Waals surface area contributed by atoms with Gasteiger partial charge in [-0.3, -0.25) is 0 Å². The summed E-state index contributed by atoms with van der Waals surface area (Å²) in [6.45, 7) is 8.41. The second-order valence-electron chi connectivity index (χ2n) is 8.20. The first-order valence-electron chi connectivity index (χ1n) is 10.4. The fraction of sp³-hybridized carbons (Fsp3) is 0.360. The van der Waals surface area contributed by atoms with Crippen molar-refractivity contribution in [2.45, 2.75) is 59.0 Å². The van der Waals surface area contributed by atoms with E-state index >= 15 is 0 Å². The molecule has 1 aliphatic carbocycles. The Kier molecular flexibility index (Phi) is 5.81. The molecule has 4 heteroatoms. The van der Waals surface area contributed by atoms with Gasteiger partial charge in [-0.05, 0) is 55.9 Å². The summed E-state index contributed by atoms with van der Waals surface area (Å²) in [7, 11) is 0. The highest BCUT2D eigenvalue weighted by molar-refractivity contribution is 7.09. The Labute approximate surface area is 177 Å². The lowest BCUT2D eigenvalue weighted by atomic mass is 10.00. The van der Waals surface area contributed by atoms with Crippen molar-refractivity contribution in [3.05, 3.63) is 75.2 Å². The summed E-state index contributed by atoms with van der Waals surface area (Å²) in [6.07, 6.45) is 3.23. The third kappa shape index (κ3) is 4.27. The van der Waals surface area contributed by atoms with Crippen LogP contribution in [0.2, 0.25) is 0 Å². The minimum atomic E-state index is 0.0655. The summed E-state index contributed by atoms with van der Waals surface area (Å²) >= 11 is 1.78. The molecule has 0 saturated heterocycles. The molecule has 0 fully saturated rings. The van der Waals surface area contributed by atoms with Gasteiger partial charge in [0.05, 0.1) is 10.7 Å². The third-order valence-electron chi connectivity index (χ3n) is 5.13. The van der Waals surface area contributed by atoms with Crippen molar-refractivity contribution >= 4 is 17.0 Å². The molecule has 0 spiro atoms. The largest absolute Gasteiger partial charge is 0.393 e. The Morgan fingerprint density at radius 3 is 2.41 bits per heavy atom. The van der Waals surface area contributed by atoms with Gasteiger partial charge in [0.2, 0.25) is 0 Å². The van der Waals surface area contributed by atoms with Gasteiger partial charge in [0.15, 0.2) is 0 Å². The lowest BCUT2D eigenvalue weighted by Crippen LogP contribution is -2.04. The maximum atomic E-state index is 5.62. The van der Waals surface area contributed by atoms with E-state index in [0.717, 1.165) is 30.5 Å². The topological polar surface area (TPSA) is 34.5 Å². The molecule has 4 rings (SSSR count). The van der Waals surface area contributed by atoms with Crippen LogP contribution in [0.5, 0.6) is 0 Å². The number of aryl methyl sites for hydroxylation is 2. The van der Waals surface area contributed by atoms with Gasteiger partial charge in [-0.1, -0.05) is 55.4 Å². The molecule has 1 aliphatic rings. The first kappa shape index (κ1) is 19.8. The molecule has 0 radical (unpaired) electrons. The minimum absolute atomic E-state index is 0.0655. The fourth-order valence-corrected chi connectivity index (χ4v) is 4.55. The number of aromatic nitrogens is 1. The number of hydrogen-bond donors (Lipinski definition) is 0. The minimum Gasteiger partial charge on any atom is -0.393 e. The van der Waals surface area contributed by atoms with Gasteiger partial charge in [-0.15, -0.1) is 11.3 Å². The van der Waals surface area contributed by atoms with Crippen LogP contribution in [0.25, 0.3) is 11.1 Å². The smallest absolute Gasteiger partial charge is 0.122 e. The number of benzene rings is 2. The van der Waals surface area contributed by atoms with Gasteiger partial charge >= 0.3 is 0 Å². The fourth-order valence-electron chi connectivity index (χ4n) is 3.68. The van der Waals surface area contributed by atoms with Gasteiger partial charge in [0, 0.05) is 22.4 Å². The maximum Gasteiger partial charge on any atom is 0.122 e. The van der Waals surface area contributed by atoms with Crippen LogP contribution in [-0.4, -0.2) is 16.8 Å². The molecule has 0 atom stereocenters. The van der Waals surface area contributed by atoms with E-state index in [-0.39, 0.29) is 6.10 Å². The quantitative estimate of drug-likeness (QED) is 0.325. The number of fused-ring (bicyclic) bond motifs is 3. The average Bonchev–Trinajstić information content (AvgIpc) is 3.29. The first-order valence-corrected chi connectivity index (χ1v) is 11.3. The molecule has 0 unspecified atom stereocenters. The first-order chi connectivity index (χ1) is 14.0. The molecule has 0 amide bonds. The Balaban J connectivity index is 1.52. The van der Waals surface area contributed by atoms with Gasteiger partial charge in [0.1, 0.15) is 11.8 Å². The summed E-state index contributed by atoms with van der Waals surface area (Å²) in [4.78, 5) is 10.4. The van der Waals surface area contributed by atoms with Gasteiger partial charge < -0.3 is 4.84 Å². The van der Waals surface area contributed by atoms with Gasteiger partial charge in [-0.25, -0.2) is 4.98 Å². The van der Waals surface area contributed by atoms with Gasteiger partial charge in [0.25, 0.3) is 0 Å². The molecular weight excluding hydrogens is 376 g/mol. The predicted molar refractivity (Wildman–Crippen MR) is 122 cm³/mol. The Morgan fingerprint density at radius 1 is 0.931 bits per heavy atom. The summed E-state index contributed by atoms with van der Waals surface area (Å²) < 4.78 is 0. The molecule has 150 valence electrons. The molecule has 2 aromatic carbocycles. The molecule has 0 saturated carbocycles. The van der Waals surface area contributed by atoms with Crippen molar-refractivity contribution in [2.24, 2.45) is 5.16 Å². The van der Waals surface area contributed by atoms with Crippen LogP contribution in [0.4, 0.5) is 0 Å². The van der Waals surface area contributed by atoms with Crippen LogP contribution in [0.15, 0.2) is 53.0 Å². The lowest BCUT2D eigenvalue weighted by molar-refractivity contribution is 0.0863. The normalized spacial score (nSPS) is 13.9. The monoisotopic (exact) mass is 404 g/mol. The number of hydrogen-bond acceptors (Lipinski definition) is 4. The third-order valence-corrected chi connectivity index (χ3v) is 6.32. The van der Waals surface area contributed by atoms with Crippen molar-refractivity contribution < 1.29 is 4.84 Å². The summed E-state index contributed by atoms with van der Waals surface area (Å²) in [6, 6.07) is 15.2. The zero-order valence-corrected chi connectivity index (χ0v) is 18.4. The molecular formula is C25H28N2OS. The van der Waals surface area contributed by atoms with Crippen LogP contribution in [0.1, 0.15) is 67.4 Å². The molecule has 3 aromatic rings. The highest BCUT2D eigenvalue weighted by atomic mass is 32.1. The Bertz CT molecular complexity index is 1030. The van der Waals surface area contributed by atoms with E-state index in [1.165, 1.54) is 33.0 Å². The molecule has 0 aliphatic heterocycles. The number of rotatable bonds is 7. The lowest BCUT2D eigenvalue weighted by Gasteiger charge is -2.07. The highest BCUT2D eigenvalue weighted by Crippen LogP contribution is 2.37. The predicted octanol–water partition coefficient (Wildman–Crippen LogP) is 6.60. The Morgan fingerprint density at radius 2 is 1.69 bits per heavy atom. The molecule has 1 heterocycles.